The van der Waals surface area contributed by atoms with Gasteiger partial charge >= 0.3 is 0 Å². The molecule has 1 aliphatic rings. The second-order valence-electron chi connectivity index (χ2n) is 6.04. The fourth-order valence-electron chi connectivity index (χ4n) is 2.92. The van der Waals surface area contributed by atoms with Crippen LogP contribution in [-0.4, -0.2) is 17.6 Å². The molecule has 0 radical (unpaired) electrons. The van der Waals surface area contributed by atoms with Gasteiger partial charge in [0.1, 0.15) is 0 Å². The number of benzene rings is 1. The summed E-state index contributed by atoms with van der Waals surface area (Å²) in [5.41, 5.74) is 1.15. The molecule has 2 unspecified atom stereocenters. The van der Waals surface area contributed by atoms with Crippen molar-refractivity contribution in [3.63, 3.8) is 0 Å². The van der Waals surface area contributed by atoms with Crippen molar-refractivity contribution in [3.05, 3.63) is 29.3 Å². The summed E-state index contributed by atoms with van der Waals surface area (Å²) < 4.78 is 1.32. The van der Waals surface area contributed by atoms with Crippen LogP contribution in [0.3, 0.4) is 0 Å². The number of nitrogens with one attached hydrogen (secondary N) is 1. The minimum Gasteiger partial charge on any atom is -0.313 e. The monoisotopic (exact) mass is 288 g/mol. The smallest absolute Gasteiger partial charge is 0.0954 e. The van der Waals surface area contributed by atoms with Crippen LogP contribution < -0.4 is 5.32 Å². The largest absolute Gasteiger partial charge is 0.313 e. The van der Waals surface area contributed by atoms with E-state index in [4.69, 9.17) is 4.98 Å². The van der Waals surface area contributed by atoms with Crippen molar-refractivity contribution >= 4 is 21.6 Å². The standard InChI is InChI=1S/C17H24N2S/c1-3-10-18-15(12(2)13-8-9-13)11-17-19-14-6-4-5-7-16(14)20-17/h4-7,12-13,15,18H,3,8-11H2,1-2H3. The maximum absolute atomic E-state index is 4.80. The van der Waals surface area contributed by atoms with Gasteiger partial charge in [-0.1, -0.05) is 26.0 Å². The minimum absolute atomic E-state index is 0.586. The van der Waals surface area contributed by atoms with Crippen LogP contribution in [0.25, 0.3) is 10.2 Å². The molecular weight excluding hydrogens is 264 g/mol. The van der Waals surface area contributed by atoms with E-state index in [-0.39, 0.29) is 0 Å². The van der Waals surface area contributed by atoms with E-state index in [1.807, 2.05) is 11.3 Å². The van der Waals surface area contributed by atoms with Crippen LogP contribution in [0.4, 0.5) is 0 Å². The molecule has 1 aromatic carbocycles. The highest BCUT2D eigenvalue weighted by Gasteiger charge is 2.33. The van der Waals surface area contributed by atoms with E-state index in [1.165, 1.54) is 29.0 Å². The van der Waals surface area contributed by atoms with Crippen molar-refractivity contribution in [1.82, 2.24) is 10.3 Å². The zero-order chi connectivity index (χ0) is 13.9. The van der Waals surface area contributed by atoms with Crippen molar-refractivity contribution < 1.29 is 0 Å². The third-order valence-corrected chi connectivity index (χ3v) is 5.45. The molecule has 2 nitrogen and oxygen atoms in total. The first kappa shape index (κ1) is 14.0. The van der Waals surface area contributed by atoms with Crippen molar-refractivity contribution in [2.75, 3.05) is 6.54 Å². The molecule has 1 heterocycles. The number of rotatable bonds is 7. The van der Waals surface area contributed by atoms with Gasteiger partial charge in [-0.25, -0.2) is 4.98 Å². The predicted molar refractivity (Wildman–Crippen MR) is 87.3 cm³/mol. The third kappa shape index (κ3) is 3.21. The summed E-state index contributed by atoms with van der Waals surface area (Å²) in [6.45, 7) is 5.77. The molecule has 20 heavy (non-hydrogen) atoms. The Morgan fingerprint density at radius 2 is 2.15 bits per heavy atom. The fraction of sp³-hybridized carbons (Fsp3) is 0.588. The highest BCUT2D eigenvalue weighted by molar-refractivity contribution is 7.18. The lowest BCUT2D eigenvalue weighted by Gasteiger charge is -2.24. The average Bonchev–Trinajstić information content (AvgIpc) is 3.22. The Labute approximate surface area is 125 Å². The van der Waals surface area contributed by atoms with E-state index in [1.54, 1.807) is 0 Å². The Morgan fingerprint density at radius 1 is 1.35 bits per heavy atom. The Kier molecular flexibility index (Phi) is 4.37. The molecule has 3 rings (SSSR count). The van der Waals surface area contributed by atoms with E-state index in [0.717, 1.165) is 30.3 Å². The summed E-state index contributed by atoms with van der Waals surface area (Å²) in [6.07, 6.45) is 5.13. The van der Waals surface area contributed by atoms with Gasteiger partial charge in [-0.3, -0.25) is 0 Å². The third-order valence-electron chi connectivity index (χ3n) is 4.39. The van der Waals surface area contributed by atoms with E-state index in [9.17, 15) is 0 Å². The van der Waals surface area contributed by atoms with Crippen molar-refractivity contribution in [3.8, 4) is 0 Å². The summed E-state index contributed by atoms with van der Waals surface area (Å²) in [6, 6.07) is 9.06. The quantitative estimate of drug-likeness (QED) is 0.823. The Hall–Kier alpha value is -0.930. The van der Waals surface area contributed by atoms with Gasteiger partial charge in [0.2, 0.25) is 0 Å². The fourth-order valence-corrected chi connectivity index (χ4v) is 3.95. The van der Waals surface area contributed by atoms with Crippen LogP contribution in [0.5, 0.6) is 0 Å². The highest BCUT2D eigenvalue weighted by Crippen LogP contribution is 2.39. The van der Waals surface area contributed by atoms with Crippen LogP contribution in [0, 0.1) is 11.8 Å². The lowest BCUT2D eigenvalue weighted by molar-refractivity contribution is 0.339. The van der Waals surface area contributed by atoms with E-state index in [0.29, 0.717) is 6.04 Å². The lowest BCUT2D eigenvalue weighted by Crippen LogP contribution is -2.38. The zero-order valence-corrected chi connectivity index (χ0v) is 13.2. The molecular formula is C17H24N2S. The summed E-state index contributed by atoms with van der Waals surface area (Å²) in [5, 5.41) is 5.03. The molecule has 1 saturated carbocycles. The normalized spacial score (nSPS) is 18.3. The number of thiazole rings is 1. The number of nitrogens with zero attached hydrogens (tertiary/aromatic N) is 1. The molecule has 1 fully saturated rings. The first-order valence-corrected chi connectivity index (χ1v) is 8.67. The molecule has 0 spiro atoms. The topological polar surface area (TPSA) is 24.9 Å². The molecule has 0 bridgehead atoms. The van der Waals surface area contributed by atoms with Crippen LogP contribution in [0.1, 0.15) is 38.1 Å². The second-order valence-corrected chi connectivity index (χ2v) is 7.15. The first-order valence-electron chi connectivity index (χ1n) is 7.85. The van der Waals surface area contributed by atoms with Crippen LogP contribution >= 0.6 is 11.3 Å². The number of para-hydroxylation sites is 1. The minimum atomic E-state index is 0.586. The molecule has 1 aromatic heterocycles. The number of aromatic nitrogens is 1. The van der Waals surface area contributed by atoms with Gasteiger partial charge < -0.3 is 5.32 Å². The highest BCUT2D eigenvalue weighted by atomic mass is 32.1. The van der Waals surface area contributed by atoms with Crippen LogP contribution in [0.2, 0.25) is 0 Å². The van der Waals surface area contributed by atoms with Gasteiger partial charge in [-0.15, -0.1) is 11.3 Å². The van der Waals surface area contributed by atoms with Gasteiger partial charge in [0.25, 0.3) is 0 Å². The molecule has 1 aliphatic carbocycles. The summed E-state index contributed by atoms with van der Waals surface area (Å²) in [7, 11) is 0. The van der Waals surface area contributed by atoms with Gasteiger partial charge in [0.05, 0.1) is 15.2 Å². The molecule has 0 amide bonds. The van der Waals surface area contributed by atoms with Gasteiger partial charge in [0.15, 0.2) is 0 Å². The summed E-state index contributed by atoms with van der Waals surface area (Å²) in [5.74, 6) is 1.72. The SMILES string of the molecule is CCCNC(Cc1nc2ccccc2s1)C(C)C1CC1. The lowest BCUT2D eigenvalue weighted by atomic mass is 9.94. The molecule has 0 saturated heterocycles. The molecule has 2 aromatic rings. The second kappa shape index (κ2) is 6.23. The van der Waals surface area contributed by atoms with Gasteiger partial charge in [-0.2, -0.15) is 0 Å². The first-order chi connectivity index (χ1) is 9.78. The maximum Gasteiger partial charge on any atom is 0.0954 e. The predicted octanol–water partition coefficient (Wildman–Crippen LogP) is 4.25. The van der Waals surface area contributed by atoms with Crippen molar-refractivity contribution in [2.45, 2.75) is 45.6 Å². The van der Waals surface area contributed by atoms with E-state index >= 15 is 0 Å². The van der Waals surface area contributed by atoms with E-state index in [2.05, 4.69) is 43.4 Å². The number of hydrogen-bond acceptors (Lipinski definition) is 3. The molecule has 0 aliphatic heterocycles. The maximum atomic E-state index is 4.80. The molecule has 3 heteroatoms. The Balaban J connectivity index is 1.73. The average molecular weight is 288 g/mol. The summed E-state index contributed by atoms with van der Waals surface area (Å²) >= 11 is 1.86. The number of hydrogen-bond donors (Lipinski definition) is 1. The Morgan fingerprint density at radius 3 is 2.85 bits per heavy atom. The Bertz CT molecular complexity index is 526. The molecule has 1 N–H and O–H groups in total. The molecule has 2 atom stereocenters. The van der Waals surface area contributed by atoms with Gasteiger partial charge in [-0.05, 0) is 49.8 Å². The summed E-state index contributed by atoms with van der Waals surface area (Å²) in [4.78, 5) is 4.80. The van der Waals surface area contributed by atoms with Crippen LogP contribution in [-0.2, 0) is 6.42 Å². The zero-order valence-electron chi connectivity index (χ0n) is 12.4. The van der Waals surface area contributed by atoms with Crippen molar-refractivity contribution in [2.24, 2.45) is 11.8 Å². The van der Waals surface area contributed by atoms with Gasteiger partial charge in [0, 0.05) is 12.5 Å². The molecule has 108 valence electrons. The van der Waals surface area contributed by atoms with Crippen LogP contribution in [0.15, 0.2) is 24.3 Å². The number of fused-ring (bicyclic) bond motifs is 1. The van der Waals surface area contributed by atoms with Crippen molar-refractivity contribution in [1.29, 1.82) is 0 Å². The van der Waals surface area contributed by atoms with E-state index < -0.39 is 0 Å².